The second-order valence-corrected chi connectivity index (χ2v) is 15.0. The third-order valence-electron chi connectivity index (χ3n) is 11.9. The Labute approximate surface area is 315 Å². The summed E-state index contributed by atoms with van der Waals surface area (Å²) < 4.78 is 9.18. The van der Waals surface area contributed by atoms with E-state index in [0.717, 1.165) is 83.5 Å². The van der Waals surface area contributed by atoms with Gasteiger partial charge < -0.3 is 9.30 Å². The van der Waals surface area contributed by atoms with Crippen LogP contribution in [-0.4, -0.2) is 14.5 Å². The van der Waals surface area contributed by atoms with E-state index in [9.17, 15) is 0 Å². The molecule has 0 saturated carbocycles. The number of para-hydroxylation sites is 2. The van der Waals surface area contributed by atoms with Gasteiger partial charge in [-0.1, -0.05) is 109 Å². The Morgan fingerprint density at radius 1 is 0.630 bits per heavy atom. The quantitative estimate of drug-likeness (QED) is 0.180. The van der Waals surface area contributed by atoms with Crippen LogP contribution >= 0.6 is 0 Å². The lowest BCUT2D eigenvalue weighted by Gasteiger charge is -2.23. The summed E-state index contributed by atoms with van der Waals surface area (Å²) in [5.74, 6) is 2.10. The highest BCUT2D eigenvalue weighted by Crippen LogP contribution is 2.52. The van der Waals surface area contributed by atoms with Gasteiger partial charge in [0, 0.05) is 33.5 Å². The van der Waals surface area contributed by atoms with Crippen LogP contribution in [0.15, 0.2) is 168 Å². The minimum absolute atomic E-state index is 0.0232. The van der Waals surface area contributed by atoms with Crippen LogP contribution in [0, 0.1) is 5.92 Å². The van der Waals surface area contributed by atoms with Crippen LogP contribution < -0.4 is 0 Å². The largest absolute Gasteiger partial charge is 0.485 e. The second kappa shape index (κ2) is 12.7. The predicted octanol–water partition coefficient (Wildman–Crippen LogP) is 12.6. The molecule has 4 aliphatic carbocycles. The van der Waals surface area contributed by atoms with Gasteiger partial charge >= 0.3 is 0 Å². The zero-order valence-electron chi connectivity index (χ0n) is 30.1. The van der Waals surface area contributed by atoms with Crippen molar-refractivity contribution < 1.29 is 4.74 Å². The van der Waals surface area contributed by atoms with Crippen molar-refractivity contribution >= 4 is 33.5 Å². The van der Waals surface area contributed by atoms with Gasteiger partial charge in [0.05, 0.1) is 22.4 Å². The van der Waals surface area contributed by atoms with Crippen molar-refractivity contribution in [1.82, 2.24) is 14.5 Å². The number of allylic oxidation sites excluding steroid dienone is 10. The molecule has 11 rings (SSSR count). The first-order chi connectivity index (χ1) is 26.8. The highest BCUT2D eigenvalue weighted by molar-refractivity contribution is 5.95. The van der Waals surface area contributed by atoms with Gasteiger partial charge in [0.2, 0.25) is 0 Å². The zero-order valence-corrected chi connectivity index (χ0v) is 30.1. The van der Waals surface area contributed by atoms with E-state index in [1.165, 1.54) is 50.0 Å². The summed E-state index contributed by atoms with van der Waals surface area (Å²) in [7, 11) is 0. The van der Waals surface area contributed by atoms with Crippen molar-refractivity contribution in [1.29, 1.82) is 0 Å². The SMILES string of the molecule is C1=CCCC(C2=CC=C(c3nc(-c4ccc(-c5ccc6c(c5)c5c(n6-c6ccccc6)C=CC6C7=C(C=CCC7)OC56)cc4)nc4ccccc34)CC2)=C1. The van der Waals surface area contributed by atoms with Gasteiger partial charge in [0.25, 0.3) is 0 Å². The molecule has 0 bridgehead atoms. The number of hydrogen-bond donors (Lipinski definition) is 0. The van der Waals surface area contributed by atoms with E-state index in [4.69, 9.17) is 14.7 Å². The van der Waals surface area contributed by atoms with Gasteiger partial charge in [-0.2, -0.15) is 0 Å². The van der Waals surface area contributed by atoms with Crippen LogP contribution in [0.25, 0.3) is 61.7 Å². The van der Waals surface area contributed by atoms with Crippen LogP contribution in [0.4, 0.5) is 0 Å². The number of rotatable bonds is 5. The minimum atomic E-state index is -0.0232. The molecule has 2 aromatic heterocycles. The van der Waals surface area contributed by atoms with E-state index in [1.54, 1.807) is 0 Å². The van der Waals surface area contributed by atoms with Crippen molar-refractivity contribution in [2.75, 3.05) is 0 Å². The lowest BCUT2D eigenvalue weighted by atomic mass is 9.82. The average Bonchev–Trinajstić information content (AvgIpc) is 3.79. The van der Waals surface area contributed by atoms with Crippen molar-refractivity contribution in [2.24, 2.45) is 5.92 Å². The third-order valence-corrected chi connectivity index (χ3v) is 11.9. The van der Waals surface area contributed by atoms with Gasteiger partial charge in [-0.05, 0) is 114 Å². The van der Waals surface area contributed by atoms with E-state index in [-0.39, 0.29) is 12.0 Å². The lowest BCUT2D eigenvalue weighted by Crippen LogP contribution is -2.14. The van der Waals surface area contributed by atoms with Crippen LogP contribution in [0.3, 0.4) is 0 Å². The zero-order chi connectivity index (χ0) is 35.6. The van der Waals surface area contributed by atoms with Gasteiger partial charge in [-0.25, -0.2) is 9.97 Å². The Morgan fingerprint density at radius 3 is 2.26 bits per heavy atom. The molecule has 260 valence electrons. The van der Waals surface area contributed by atoms with Crippen molar-refractivity contribution in [3.63, 3.8) is 0 Å². The van der Waals surface area contributed by atoms with Crippen LogP contribution in [0.5, 0.6) is 0 Å². The number of hydrogen-bond acceptors (Lipinski definition) is 3. The molecule has 4 heteroatoms. The van der Waals surface area contributed by atoms with E-state index in [2.05, 4.69) is 156 Å². The first kappa shape index (κ1) is 31.3. The molecule has 54 heavy (non-hydrogen) atoms. The van der Waals surface area contributed by atoms with Crippen molar-refractivity contribution in [3.8, 4) is 28.2 Å². The molecular formula is C50H39N3O. The van der Waals surface area contributed by atoms with E-state index in [0.29, 0.717) is 0 Å². The number of benzene rings is 4. The maximum Gasteiger partial charge on any atom is 0.160 e. The standard InChI is InChI=1S/C50H39N3O/c1-3-11-32(12-4-1)33-19-23-35(24-20-33)48-41-16-7-9-17-43(41)51-50(52-48)36-25-21-34(22-26-36)37-27-29-44-42(31-37)47-45(53(44)38-13-5-2-6-14-38)30-28-40-39-15-8-10-18-46(39)54-49(40)47/h1-3,5-7,9-11,13-14,16-19,21-23,25-31,40,49H,4,8,12,15,20,24H2. The molecule has 1 aliphatic heterocycles. The average molecular weight is 698 g/mol. The topological polar surface area (TPSA) is 39.9 Å². The van der Waals surface area contributed by atoms with E-state index in [1.807, 2.05) is 0 Å². The van der Waals surface area contributed by atoms with E-state index >= 15 is 0 Å². The summed E-state index contributed by atoms with van der Waals surface area (Å²) in [6.07, 6.45) is 26.8. The molecule has 4 nitrogen and oxygen atoms in total. The third kappa shape index (κ3) is 5.12. The number of ether oxygens (including phenoxy) is 1. The second-order valence-electron chi connectivity index (χ2n) is 15.0. The predicted molar refractivity (Wildman–Crippen MR) is 221 cm³/mol. The molecule has 0 spiro atoms. The maximum atomic E-state index is 6.78. The summed E-state index contributed by atoms with van der Waals surface area (Å²) in [4.78, 5) is 10.3. The molecule has 2 unspecified atom stereocenters. The molecule has 2 atom stereocenters. The van der Waals surface area contributed by atoms with E-state index < -0.39 is 0 Å². The maximum absolute atomic E-state index is 6.78. The monoisotopic (exact) mass is 697 g/mol. The van der Waals surface area contributed by atoms with Gasteiger partial charge in [0.15, 0.2) is 5.82 Å². The Hall–Kier alpha value is -6.26. The smallest absolute Gasteiger partial charge is 0.160 e. The van der Waals surface area contributed by atoms with Gasteiger partial charge in [-0.3, -0.25) is 0 Å². The molecule has 0 fully saturated rings. The Kier molecular flexibility index (Phi) is 7.36. The minimum Gasteiger partial charge on any atom is -0.485 e. The van der Waals surface area contributed by atoms with Crippen molar-refractivity contribution in [2.45, 2.75) is 44.6 Å². The first-order valence-electron chi connectivity index (χ1n) is 19.4. The Bertz CT molecular complexity index is 2730. The number of nitrogens with zero attached hydrogens (tertiary/aromatic N) is 3. The van der Waals surface area contributed by atoms with Crippen LogP contribution in [0.1, 0.15) is 61.6 Å². The molecule has 0 N–H and O–H groups in total. The molecule has 5 aliphatic rings. The summed E-state index contributed by atoms with van der Waals surface area (Å²) in [6, 6.07) is 34.8. The molecule has 0 saturated heterocycles. The summed E-state index contributed by atoms with van der Waals surface area (Å²) in [5, 5.41) is 2.35. The lowest BCUT2D eigenvalue weighted by molar-refractivity contribution is 0.134. The fourth-order valence-electron chi connectivity index (χ4n) is 9.22. The number of aromatic nitrogens is 3. The van der Waals surface area contributed by atoms with Gasteiger partial charge in [-0.15, -0.1) is 0 Å². The highest BCUT2D eigenvalue weighted by Gasteiger charge is 2.41. The normalized spacial score (nSPS) is 20.0. The Balaban J connectivity index is 0.970. The molecular weight excluding hydrogens is 659 g/mol. The van der Waals surface area contributed by atoms with Crippen LogP contribution in [0.2, 0.25) is 0 Å². The molecule has 4 aromatic carbocycles. The number of fused-ring (bicyclic) bond motifs is 7. The highest BCUT2D eigenvalue weighted by atomic mass is 16.5. The summed E-state index contributed by atoms with van der Waals surface area (Å²) in [6.45, 7) is 0. The molecule has 0 amide bonds. The Morgan fingerprint density at radius 2 is 1.41 bits per heavy atom. The fraction of sp³-hybridized carbons (Fsp3) is 0.160. The molecule has 6 aromatic rings. The van der Waals surface area contributed by atoms with Crippen LogP contribution in [-0.2, 0) is 4.74 Å². The fourth-order valence-corrected chi connectivity index (χ4v) is 9.22. The molecule has 0 radical (unpaired) electrons. The summed E-state index contributed by atoms with van der Waals surface area (Å²) in [5.41, 5.74) is 15.9. The first-order valence-corrected chi connectivity index (χ1v) is 19.4. The van der Waals surface area contributed by atoms with Gasteiger partial charge in [0.1, 0.15) is 11.9 Å². The van der Waals surface area contributed by atoms with Crippen molar-refractivity contribution in [3.05, 3.63) is 185 Å². The molecule has 3 heterocycles. The summed E-state index contributed by atoms with van der Waals surface area (Å²) >= 11 is 0.